The molecule has 25 heavy (non-hydrogen) atoms. The van der Waals surface area contributed by atoms with Crippen molar-refractivity contribution in [2.45, 2.75) is 64.5 Å². The van der Waals surface area contributed by atoms with Crippen LogP contribution >= 0.6 is 0 Å². The summed E-state index contributed by atoms with van der Waals surface area (Å²) in [7, 11) is 4.08. The van der Waals surface area contributed by atoms with Crippen LogP contribution in [0.2, 0.25) is 0 Å². The minimum absolute atomic E-state index is 0.294. The molecule has 140 valence electrons. The highest BCUT2D eigenvalue weighted by Crippen LogP contribution is 2.27. The van der Waals surface area contributed by atoms with E-state index in [9.17, 15) is 4.79 Å². The molecule has 6 heteroatoms. The fraction of sp³-hybridized carbons (Fsp3) is 0.842. The number of carbonyl (C=O) groups is 1. The third-order valence-electron chi connectivity index (χ3n) is 5.64. The van der Waals surface area contributed by atoms with Crippen LogP contribution in [0.3, 0.4) is 0 Å². The van der Waals surface area contributed by atoms with Gasteiger partial charge in [-0.2, -0.15) is 0 Å². The van der Waals surface area contributed by atoms with Gasteiger partial charge in [-0.05, 0) is 45.7 Å². The lowest BCUT2D eigenvalue weighted by Crippen LogP contribution is -2.42. The highest BCUT2D eigenvalue weighted by atomic mass is 16.2. The van der Waals surface area contributed by atoms with Gasteiger partial charge in [-0.15, -0.1) is 5.10 Å². The van der Waals surface area contributed by atoms with Gasteiger partial charge in [0.05, 0.1) is 5.69 Å². The van der Waals surface area contributed by atoms with Crippen LogP contribution in [0.15, 0.2) is 6.20 Å². The van der Waals surface area contributed by atoms with Crippen molar-refractivity contribution in [2.24, 2.45) is 11.8 Å². The van der Waals surface area contributed by atoms with Crippen molar-refractivity contribution in [2.75, 3.05) is 27.2 Å². The van der Waals surface area contributed by atoms with Gasteiger partial charge in [0.2, 0.25) is 5.91 Å². The SMILES string of the molecule is CN(C)Cc1cn(CC2CCN(C(=O)C3CCCCCC3)CC2)nn1. The molecule has 6 nitrogen and oxygen atoms in total. The van der Waals surface area contributed by atoms with E-state index in [1.54, 1.807) is 0 Å². The monoisotopic (exact) mass is 347 g/mol. The lowest BCUT2D eigenvalue weighted by atomic mass is 9.93. The molecule has 1 saturated heterocycles. The van der Waals surface area contributed by atoms with Crippen molar-refractivity contribution in [3.05, 3.63) is 11.9 Å². The van der Waals surface area contributed by atoms with Crippen molar-refractivity contribution >= 4 is 5.91 Å². The summed E-state index contributed by atoms with van der Waals surface area (Å²) in [6.07, 6.45) is 11.5. The summed E-state index contributed by atoms with van der Waals surface area (Å²) in [5.41, 5.74) is 1.02. The van der Waals surface area contributed by atoms with Gasteiger partial charge in [-0.3, -0.25) is 9.48 Å². The summed E-state index contributed by atoms with van der Waals surface area (Å²) >= 11 is 0. The molecule has 0 radical (unpaired) electrons. The molecule has 0 unspecified atom stereocenters. The normalized spacial score (nSPS) is 20.8. The van der Waals surface area contributed by atoms with E-state index in [1.165, 1.54) is 25.7 Å². The fourth-order valence-corrected chi connectivity index (χ4v) is 4.21. The number of carbonyl (C=O) groups excluding carboxylic acids is 1. The first kappa shape index (κ1) is 18.4. The van der Waals surface area contributed by atoms with Crippen LogP contribution in [-0.2, 0) is 17.9 Å². The van der Waals surface area contributed by atoms with Gasteiger partial charge in [0, 0.05) is 38.3 Å². The number of rotatable bonds is 5. The third-order valence-corrected chi connectivity index (χ3v) is 5.64. The Hall–Kier alpha value is -1.43. The quantitative estimate of drug-likeness (QED) is 0.768. The van der Waals surface area contributed by atoms with Crippen molar-refractivity contribution in [3.63, 3.8) is 0 Å². The van der Waals surface area contributed by atoms with Gasteiger partial charge >= 0.3 is 0 Å². The molecule has 2 heterocycles. The Balaban J connectivity index is 1.45. The van der Waals surface area contributed by atoms with Gasteiger partial charge in [-0.25, -0.2) is 0 Å². The first-order chi connectivity index (χ1) is 12.1. The molecular weight excluding hydrogens is 314 g/mol. The number of likely N-dealkylation sites (tertiary alicyclic amines) is 1. The molecule has 0 bridgehead atoms. The van der Waals surface area contributed by atoms with E-state index in [2.05, 4.69) is 26.3 Å². The van der Waals surface area contributed by atoms with Crippen LogP contribution < -0.4 is 0 Å². The molecule has 0 N–H and O–H groups in total. The molecule has 2 aliphatic rings. The van der Waals surface area contributed by atoms with Crippen LogP contribution in [0.4, 0.5) is 0 Å². The van der Waals surface area contributed by atoms with Crippen LogP contribution in [0, 0.1) is 11.8 Å². The second kappa shape index (κ2) is 8.79. The van der Waals surface area contributed by atoms with E-state index in [0.717, 1.165) is 57.6 Å². The predicted octanol–water partition coefficient (Wildman–Crippen LogP) is 2.55. The van der Waals surface area contributed by atoms with Gasteiger partial charge in [-0.1, -0.05) is 30.9 Å². The molecular formula is C19H33N5O. The highest BCUT2D eigenvalue weighted by molar-refractivity contribution is 5.78. The molecule has 0 aromatic carbocycles. The van der Waals surface area contributed by atoms with Crippen LogP contribution in [-0.4, -0.2) is 57.9 Å². The van der Waals surface area contributed by atoms with Gasteiger partial charge in [0.25, 0.3) is 0 Å². The number of amides is 1. The zero-order valence-corrected chi connectivity index (χ0v) is 15.9. The van der Waals surface area contributed by atoms with Crippen molar-refractivity contribution in [1.82, 2.24) is 24.8 Å². The van der Waals surface area contributed by atoms with Gasteiger partial charge < -0.3 is 9.80 Å². The van der Waals surface area contributed by atoms with E-state index < -0.39 is 0 Å². The van der Waals surface area contributed by atoms with E-state index in [4.69, 9.17) is 0 Å². The van der Waals surface area contributed by atoms with Crippen molar-refractivity contribution < 1.29 is 4.79 Å². The molecule has 1 saturated carbocycles. The summed E-state index contributed by atoms with van der Waals surface area (Å²) < 4.78 is 1.98. The maximum atomic E-state index is 12.8. The second-order valence-electron chi connectivity index (χ2n) is 8.13. The fourth-order valence-electron chi connectivity index (χ4n) is 4.21. The Kier molecular flexibility index (Phi) is 6.45. The van der Waals surface area contributed by atoms with E-state index in [1.807, 2.05) is 18.8 Å². The Labute approximate surface area is 151 Å². The predicted molar refractivity (Wildman–Crippen MR) is 97.9 cm³/mol. The number of nitrogens with zero attached hydrogens (tertiary/aromatic N) is 5. The zero-order valence-electron chi connectivity index (χ0n) is 15.9. The Morgan fingerprint density at radius 3 is 2.44 bits per heavy atom. The van der Waals surface area contributed by atoms with Crippen molar-refractivity contribution in [1.29, 1.82) is 0 Å². The largest absolute Gasteiger partial charge is 0.342 e. The number of hydrogen-bond acceptors (Lipinski definition) is 4. The molecule has 2 fully saturated rings. The minimum atomic E-state index is 0.294. The average molecular weight is 348 g/mol. The number of piperidine rings is 1. The molecule has 1 aromatic rings. The molecule has 3 rings (SSSR count). The van der Waals surface area contributed by atoms with Crippen LogP contribution in [0.5, 0.6) is 0 Å². The number of hydrogen-bond donors (Lipinski definition) is 0. The maximum Gasteiger partial charge on any atom is 0.225 e. The highest BCUT2D eigenvalue weighted by Gasteiger charge is 2.28. The smallest absolute Gasteiger partial charge is 0.225 e. The summed E-state index contributed by atoms with van der Waals surface area (Å²) in [4.78, 5) is 17.0. The molecule has 0 spiro atoms. The zero-order chi connectivity index (χ0) is 17.6. The summed E-state index contributed by atoms with van der Waals surface area (Å²) in [5, 5.41) is 8.50. The molecule has 1 aliphatic heterocycles. The van der Waals surface area contributed by atoms with E-state index in [-0.39, 0.29) is 0 Å². The first-order valence-corrected chi connectivity index (χ1v) is 9.94. The summed E-state index contributed by atoms with van der Waals surface area (Å²) in [6, 6.07) is 0. The maximum absolute atomic E-state index is 12.8. The first-order valence-electron chi connectivity index (χ1n) is 9.94. The third kappa shape index (κ3) is 5.27. The summed E-state index contributed by atoms with van der Waals surface area (Å²) in [5.74, 6) is 1.32. The van der Waals surface area contributed by atoms with Crippen LogP contribution in [0.25, 0.3) is 0 Å². The Morgan fingerprint density at radius 1 is 1.12 bits per heavy atom. The lowest BCUT2D eigenvalue weighted by molar-refractivity contribution is -0.137. The number of aromatic nitrogens is 3. The second-order valence-corrected chi connectivity index (χ2v) is 8.13. The standard InChI is InChI=1S/C19H33N5O/c1-22(2)14-18-15-24(21-20-18)13-16-9-11-23(12-10-16)19(25)17-7-5-3-4-6-8-17/h15-17H,3-14H2,1-2H3. The average Bonchev–Trinajstić information content (AvgIpc) is 2.85. The topological polar surface area (TPSA) is 54.3 Å². The van der Waals surface area contributed by atoms with Gasteiger partial charge in [0.15, 0.2) is 0 Å². The van der Waals surface area contributed by atoms with E-state index in [0.29, 0.717) is 17.7 Å². The lowest BCUT2D eigenvalue weighted by Gasteiger charge is -2.34. The Bertz CT molecular complexity index is 540. The van der Waals surface area contributed by atoms with Gasteiger partial charge in [0.1, 0.15) is 0 Å². The van der Waals surface area contributed by atoms with E-state index >= 15 is 0 Å². The molecule has 1 amide bonds. The Morgan fingerprint density at radius 2 is 1.80 bits per heavy atom. The molecule has 0 atom stereocenters. The molecule has 1 aromatic heterocycles. The van der Waals surface area contributed by atoms with Crippen molar-refractivity contribution in [3.8, 4) is 0 Å². The van der Waals surface area contributed by atoms with Crippen LogP contribution in [0.1, 0.15) is 57.1 Å². The summed E-state index contributed by atoms with van der Waals surface area (Å²) in [6.45, 7) is 3.58. The molecule has 1 aliphatic carbocycles. The minimum Gasteiger partial charge on any atom is -0.342 e.